The highest BCUT2D eigenvalue weighted by atomic mass is 32.8. The minimum atomic E-state index is -0.296. The summed E-state index contributed by atoms with van der Waals surface area (Å²) in [6.07, 6.45) is 4.92. The number of rotatable bonds is 5. The topological polar surface area (TPSA) is 55.1 Å². The van der Waals surface area contributed by atoms with Crippen molar-refractivity contribution >= 4 is 47.6 Å². The summed E-state index contributed by atoms with van der Waals surface area (Å²) in [4.78, 5) is 10.2. The zero-order chi connectivity index (χ0) is 16.3. The highest BCUT2D eigenvalue weighted by molar-refractivity contribution is 8.29. The van der Waals surface area contributed by atoms with Gasteiger partial charge in [0.15, 0.2) is 0 Å². The lowest BCUT2D eigenvalue weighted by atomic mass is 10.2. The monoisotopic (exact) mass is 378 g/mol. The van der Waals surface area contributed by atoms with Crippen LogP contribution >= 0.6 is 0 Å². The van der Waals surface area contributed by atoms with Gasteiger partial charge in [0.25, 0.3) is 0 Å². The SMILES string of the molecule is C.C.CN.CNCC(C)(C)S(C)=S.CS(=S)C(C)(C)C=O. The Morgan fingerprint density at radius 2 is 1.38 bits per heavy atom. The van der Waals surface area contributed by atoms with Gasteiger partial charge in [0.2, 0.25) is 0 Å². The van der Waals surface area contributed by atoms with Gasteiger partial charge in [-0.2, -0.15) is 0 Å². The Morgan fingerprint density at radius 1 is 1.05 bits per heavy atom. The predicted molar refractivity (Wildman–Crippen MR) is 113 cm³/mol. The molecule has 0 rings (SSSR count). The Balaban J connectivity index is -0.0000000671. The lowest BCUT2D eigenvalue weighted by Gasteiger charge is -2.23. The number of carbonyl (C=O) groups excluding carboxylic acids is 1. The number of hydrogen-bond donors (Lipinski definition) is 2. The van der Waals surface area contributed by atoms with Gasteiger partial charge in [-0.05, 0) is 54.3 Å². The molecule has 3 N–H and O–H groups in total. The van der Waals surface area contributed by atoms with Gasteiger partial charge in [0.05, 0.1) is 4.75 Å². The van der Waals surface area contributed by atoms with Gasteiger partial charge >= 0.3 is 0 Å². The normalized spacial score (nSPS) is 12.8. The molecule has 0 aromatic rings. The Bertz CT molecular complexity index is 293. The lowest BCUT2D eigenvalue weighted by Crippen LogP contribution is -2.36. The lowest BCUT2D eigenvalue weighted by molar-refractivity contribution is -0.109. The largest absolute Gasteiger partial charge is 0.333 e. The Kier molecular flexibility index (Phi) is 27.2. The summed E-state index contributed by atoms with van der Waals surface area (Å²) in [6.45, 7) is 9.11. The number of nitrogens with two attached hydrogens (primary N) is 1. The van der Waals surface area contributed by atoms with Crippen molar-refractivity contribution in [1.82, 2.24) is 5.32 Å². The van der Waals surface area contributed by atoms with E-state index in [1.54, 1.807) is 0 Å². The standard InChI is InChI=1S/C6H15NS2.C5H10OS2.CH5N.2CH4/c1-6(2,5-7-3)9(4)8;1-5(2,4-6)8(3)7;1-2;;/h7H,5H2,1-4H3;4H,1-3H3;2H2,1H3;2*1H4. The van der Waals surface area contributed by atoms with Gasteiger partial charge < -0.3 is 15.8 Å². The summed E-state index contributed by atoms with van der Waals surface area (Å²) in [6, 6.07) is 0. The fourth-order valence-electron chi connectivity index (χ4n) is 0.595. The van der Waals surface area contributed by atoms with Crippen LogP contribution in [0.3, 0.4) is 0 Å². The Hall–Kier alpha value is 0.730. The molecule has 0 aromatic heterocycles. The summed E-state index contributed by atoms with van der Waals surface area (Å²) in [5.74, 6) is 0. The first-order valence-electron chi connectivity index (χ1n) is 5.87. The molecule has 21 heavy (non-hydrogen) atoms. The molecule has 0 bridgehead atoms. The van der Waals surface area contributed by atoms with E-state index in [4.69, 9.17) is 22.4 Å². The van der Waals surface area contributed by atoms with E-state index in [0.29, 0.717) is 0 Å². The van der Waals surface area contributed by atoms with Gasteiger partial charge in [-0.1, -0.05) is 37.2 Å². The van der Waals surface area contributed by atoms with E-state index in [1.165, 1.54) is 7.05 Å². The molecule has 0 fully saturated rings. The van der Waals surface area contributed by atoms with Crippen LogP contribution in [0, 0.1) is 0 Å². The number of aldehydes is 1. The zero-order valence-electron chi connectivity index (χ0n) is 13.4. The van der Waals surface area contributed by atoms with Crippen molar-refractivity contribution in [3.05, 3.63) is 0 Å². The highest BCUT2D eigenvalue weighted by Crippen LogP contribution is 2.08. The van der Waals surface area contributed by atoms with Crippen molar-refractivity contribution in [3.8, 4) is 0 Å². The van der Waals surface area contributed by atoms with Crippen LogP contribution in [0.5, 0.6) is 0 Å². The molecule has 134 valence electrons. The van der Waals surface area contributed by atoms with Crippen molar-refractivity contribution < 1.29 is 4.79 Å². The van der Waals surface area contributed by atoms with Crippen molar-refractivity contribution in [2.75, 3.05) is 33.2 Å². The van der Waals surface area contributed by atoms with Crippen molar-refractivity contribution in [2.45, 2.75) is 52.0 Å². The van der Waals surface area contributed by atoms with Crippen LogP contribution in [0.15, 0.2) is 0 Å². The average molecular weight is 379 g/mol. The van der Waals surface area contributed by atoms with Gasteiger partial charge in [0, 0.05) is 11.3 Å². The fraction of sp³-hybridized carbons (Fsp3) is 0.929. The molecule has 0 aliphatic heterocycles. The summed E-state index contributed by atoms with van der Waals surface area (Å²) in [5.41, 5.74) is 4.50. The van der Waals surface area contributed by atoms with E-state index in [-0.39, 0.29) is 43.3 Å². The first kappa shape index (κ1) is 33.4. The second-order valence-electron chi connectivity index (χ2n) is 4.92. The summed E-state index contributed by atoms with van der Waals surface area (Å²) >= 11 is 10.1. The smallest absolute Gasteiger partial charge is 0.135 e. The van der Waals surface area contributed by atoms with Crippen LogP contribution in [0.1, 0.15) is 42.5 Å². The molecule has 0 amide bonds. The Morgan fingerprint density at radius 3 is 1.43 bits per heavy atom. The summed E-state index contributed by atoms with van der Waals surface area (Å²) < 4.78 is -0.0145. The maximum Gasteiger partial charge on any atom is 0.135 e. The average Bonchev–Trinajstić information content (AvgIpc) is 2.32. The maximum absolute atomic E-state index is 10.2. The second-order valence-corrected chi connectivity index (χ2v) is 11.9. The predicted octanol–water partition coefficient (Wildman–Crippen LogP) is 2.22. The second kappa shape index (κ2) is 17.1. The molecule has 0 saturated carbocycles. The van der Waals surface area contributed by atoms with Crippen molar-refractivity contribution in [1.29, 1.82) is 0 Å². The van der Waals surface area contributed by atoms with E-state index in [9.17, 15) is 4.79 Å². The third-order valence-corrected chi connectivity index (χ3v) is 8.33. The van der Waals surface area contributed by atoms with Gasteiger partial charge in [-0.25, -0.2) is 0 Å². The molecule has 0 aliphatic rings. The van der Waals surface area contributed by atoms with E-state index < -0.39 is 0 Å². The van der Waals surface area contributed by atoms with Crippen LogP contribution in [-0.4, -0.2) is 48.9 Å². The third kappa shape index (κ3) is 18.7. The van der Waals surface area contributed by atoms with Crippen LogP contribution in [-0.2, 0) is 46.1 Å². The zero-order valence-corrected chi connectivity index (χ0v) is 16.7. The fourth-order valence-corrected chi connectivity index (χ4v) is 1.37. The number of carbonyl (C=O) groups is 1. The molecule has 0 spiro atoms. The molecule has 2 unspecified atom stereocenters. The molecule has 0 aromatic carbocycles. The van der Waals surface area contributed by atoms with Gasteiger partial charge in [0.1, 0.15) is 6.29 Å². The molecule has 0 saturated heterocycles. The van der Waals surface area contributed by atoms with Crippen molar-refractivity contribution in [3.63, 3.8) is 0 Å². The maximum atomic E-state index is 10.2. The summed E-state index contributed by atoms with van der Waals surface area (Å²) in [5, 5.41) is 3.13. The first-order chi connectivity index (χ1) is 8.51. The molecular weight excluding hydrogens is 340 g/mol. The van der Waals surface area contributed by atoms with E-state index in [0.717, 1.165) is 12.8 Å². The summed E-state index contributed by atoms with van der Waals surface area (Å²) in [7, 11) is 3.35. The van der Waals surface area contributed by atoms with Crippen LogP contribution in [0.2, 0.25) is 0 Å². The molecular formula is C14H38N2OS4. The molecule has 0 radical (unpaired) electrons. The molecule has 0 aliphatic carbocycles. The van der Waals surface area contributed by atoms with Crippen LogP contribution < -0.4 is 11.1 Å². The van der Waals surface area contributed by atoms with E-state index in [2.05, 4.69) is 31.2 Å². The first-order valence-corrected chi connectivity index (χ1v) is 11.0. The minimum Gasteiger partial charge on any atom is -0.333 e. The minimum absolute atomic E-state index is 0. The molecule has 7 heteroatoms. The number of hydrogen-bond acceptors (Lipinski definition) is 5. The van der Waals surface area contributed by atoms with Gasteiger partial charge in [-0.15, -0.1) is 18.9 Å². The molecule has 0 heterocycles. The number of nitrogens with one attached hydrogen (secondary N) is 1. The van der Waals surface area contributed by atoms with Crippen LogP contribution in [0.25, 0.3) is 0 Å². The third-order valence-electron chi connectivity index (χ3n) is 2.41. The van der Waals surface area contributed by atoms with Crippen LogP contribution in [0.4, 0.5) is 0 Å². The molecule has 2 atom stereocenters. The highest BCUT2D eigenvalue weighted by Gasteiger charge is 2.17. The molecule has 3 nitrogen and oxygen atoms in total. The van der Waals surface area contributed by atoms with Gasteiger partial charge in [-0.3, -0.25) is 0 Å². The van der Waals surface area contributed by atoms with E-state index >= 15 is 0 Å². The van der Waals surface area contributed by atoms with Crippen molar-refractivity contribution in [2.24, 2.45) is 5.73 Å². The quantitative estimate of drug-likeness (QED) is 0.718. The van der Waals surface area contributed by atoms with E-state index in [1.807, 2.05) is 27.2 Å². The Labute approximate surface area is 148 Å².